The van der Waals surface area contributed by atoms with Crippen molar-refractivity contribution in [2.24, 2.45) is 5.92 Å². The minimum absolute atomic E-state index is 0.0710. The van der Waals surface area contributed by atoms with Crippen LogP contribution in [0.15, 0.2) is 4.79 Å². The van der Waals surface area contributed by atoms with Crippen LogP contribution in [-0.2, 0) is 19.4 Å². The van der Waals surface area contributed by atoms with E-state index in [0.717, 1.165) is 47.9 Å². The van der Waals surface area contributed by atoms with Crippen molar-refractivity contribution < 1.29 is 0 Å². The highest BCUT2D eigenvalue weighted by molar-refractivity contribution is 7.18. The number of aromatic amines is 1. The van der Waals surface area contributed by atoms with Crippen LogP contribution in [0.3, 0.4) is 0 Å². The van der Waals surface area contributed by atoms with Crippen molar-refractivity contribution in [2.45, 2.75) is 65.0 Å². The molecule has 124 valence electrons. The summed E-state index contributed by atoms with van der Waals surface area (Å²) in [4.78, 5) is 25.3. The number of nitrogens with zero attached hydrogens (tertiary/aromatic N) is 2. The van der Waals surface area contributed by atoms with Gasteiger partial charge in [0.1, 0.15) is 10.7 Å². The molecule has 1 aliphatic heterocycles. The van der Waals surface area contributed by atoms with Gasteiger partial charge in [0.15, 0.2) is 0 Å². The molecule has 5 heteroatoms. The van der Waals surface area contributed by atoms with Gasteiger partial charge in [0, 0.05) is 10.9 Å². The Balaban J connectivity index is 1.69. The number of nitrogens with one attached hydrogen (secondary N) is 1. The van der Waals surface area contributed by atoms with Crippen molar-refractivity contribution in [1.29, 1.82) is 0 Å². The Kier molecular flexibility index (Phi) is 4.01. The van der Waals surface area contributed by atoms with Crippen LogP contribution in [0.5, 0.6) is 0 Å². The summed E-state index contributed by atoms with van der Waals surface area (Å²) in [7, 11) is 0. The third kappa shape index (κ3) is 2.85. The molecule has 0 bridgehead atoms. The minimum Gasteiger partial charge on any atom is -0.309 e. The van der Waals surface area contributed by atoms with E-state index in [4.69, 9.17) is 4.98 Å². The van der Waals surface area contributed by atoms with Gasteiger partial charge in [0.05, 0.1) is 11.9 Å². The predicted octanol–water partition coefficient (Wildman–Crippen LogP) is 3.48. The number of hydrogen-bond donors (Lipinski definition) is 1. The van der Waals surface area contributed by atoms with Crippen LogP contribution in [0.1, 0.15) is 55.8 Å². The molecule has 0 unspecified atom stereocenters. The standard InChI is InChI=1S/C18H25N3OS/c1-11-6-7-13-14(9-11)23-18-16(13)17(22)19-15(20-18)10-21-8-4-3-5-12(21)2/h11-12H,3-10H2,1-2H3,(H,19,20,22)/t11-,12+/m1/s1. The van der Waals surface area contributed by atoms with E-state index in [0.29, 0.717) is 6.04 Å². The first-order valence-electron chi connectivity index (χ1n) is 8.89. The molecule has 0 amide bonds. The van der Waals surface area contributed by atoms with Crippen molar-refractivity contribution in [3.63, 3.8) is 0 Å². The summed E-state index contributed by atoms with van der Waals surface area (Å²) in [6.45, 7) is 6.46. The van der Waals surface area contributed by atoms with Gasteiger partial charge in [-0.1, -0.05) is 13.3 Å². The van der Waals surface area contributed by atoms with Gasteiger partial charge in [-0.2, -0.15) is 0 Å². The molecule has 23 heavy (non-hydrogen) atoms. The highest BCUT2D eigenvalue weighted by Gasteiger charge is 2.24. The quantitative estimate of drug-likeness (QED) is 0.916. The van der Waals surface area contributed by atoms with Crippen molar-refractivity contribution in [3.05, 3.63) is 26.6 Å². The Hall–Kier alpha value is -1.20. The summed E-state index contributed by atoms with van der Waals surface area (Å²) in [6.07, 6.45) is 7.14. The zero-order chi connectivity index (χ0) is 16.0. The normalized spacial score (nSPS) is 25.7. The fourth-order valence-electron chi connectivity index (χ4n) is 4.05. The van der Waals surface area contributed by atoms with Crippen molar-refractivity contribution >= 4 is 21.6 Å². The number of aryl methyl sites for hydroxylation is 1. The molecular weight excluding hydrogens is 306 g/mol. The first kappa shape index (κ1) is 15.3. The van der Waals surface area contributed by atoms with Gasteiger partial charge in [-0.25, -0.2) is 4.98 Å². The second-order valence-corrected chi connectivity index (χ2v) is 8.44. The summed E-state index contributed by atoms with van der Waals surface area (Å²) in [5.41, 5.74) is 1.34. The van der Waals surface area contributed by atoms with Gasteiger partial charge in [0.2, 0.25) is 0 Å². The Labute approximate surface area is 140 Å². The lowest BCUT2D eigenvalue weighted by Crippen LogP contribution is -2.37. The zero-order valence-electron chi connectivity index (χ0n) is 14.0. The summed E-state index contributed by atoms with van der Waals surface area (Å²) >= 11 is 1.74. The van der Waals surface area contributed by atoms with Crippen LogP contribution >= 0.6 is 11.3 Å². The topological polar surface area (TPSA) is 49.0 Å². The first-order valence-corrected chi connectivity index (χ1v) is 9.71. The second kappa shape index (κ2) is 6.02. The van der Waals surface area contributed by atoms with Gasteiger partial charge in [-0.05, 0) is 57.1 Å². The van der Waals surface area contributed by atoms with Gasteiger partial charge in [0.25, 0.3) is 5.56 Å². The third-order valence-electron chi connectivity index (χ3n) is 5.51. The number of hydrogen-bond acceptors (Lipinski definition) is 4. The molecule has 2 aliphatic rings. The van der Waals surface area contributed by atoms with Gasteiger partial charge in [-0.3, -0.25) is 9.69 Å². The van der Waals surface area contributed by atoms with E-state index in [9.17, 15) is 4.79 Å². The van der Waals surface area contributed by atoms with E-state index in [1.165, 1.54) is 36.1 Å². The van der Waals surface area contributed by atoms with Crippen LogP contribution < -0.4 is 5.56 Å². The largest absolute Gasteiger partial charge is 0.309 e. The molecular formula is C18H25N3OS. The SMILES string of the molecule is C[C@@H]1CCc2c(sc3nc(CN4CCCC[C@@H]4C)[nH]c(=O)c23)C1. The second-order valence-electron chi connectivity index (χ2n) is 7.36. The van der Waals surface area contributed by atoms with Gasteiger partial charge in [-0.15, -0.1) is 11.3 Å². The molecule has 2 aromatic rings. The Morgan fingerprint density at radius 1 is 1.30 bits per heavy atom. The molecule has 1 fully saturated rings. The van der Waals surface area contributed by atoms with Crippen LogP contribution in [0.2, 0.25) is 0 Å². The fraction of sp³-hybridized carbons (Fsp3) is 0.667. The maximum Gasteiger partial charge on any atom is 0.259 e. The van der Waals surface area contributed by atoms with E-state index in [-0.39, 0.29) is 5.56 Å². The Bertz CT molecular complexity index is 778. The number of fused-ring (bicyclic) bond motifs is 3. The number of thiophene rings is 1. The lowest BCUT2D eigenvalue weighted by Gasteiger charge is -2.32. The maximum atomic E-state index is 12.6. The monoisotopic (exact) mass is 331 g/mol. The molecule has 1 aliphatic carbocycles. The number of rotatable bonds is 2. The summed E-state index contributed by atoms with van der Waals surface area (Å²) < 4.78 is 0. The number of likely N-dealkylation sites (tertiary alicyclic amines) is 1. The summed E-state index contributed by atoms with van der Waals surface area (Å²) in [5, 5.41) is 0.868. The molecule has 2 atom stereocenters. The molecule has 0 saturated carbocycles. The average molecular weight is 331 g/mol. The van der Waals surface area contributed by atoms with Gasteiger partial charge < -0.3 is 4.98 Å². The molecule has 1 saturated heterocycles. The number of H-pyrrole nitrogens is 1. The summed E-state index contributed by atoms with van der Waals surface area (Å²) in [5.74, 6) is 1.56. The van der Waals surface area contributed by atoms with Crippen LogP contribution in [-0.4, -0.2) is 27.5 Å². The summed E-state index contributed by atoms with van der Waals surface area (Å²) in [6, 6.07) is 0.585. The Morgan fingerprint density at radius 3 is 3.00 bits per heavy atom. The average Bonchev–Trinajstić information content (AvgIpc) is 2.87. The van der Waals surface area contributed by atoms with E-state index >= 15 is 0 Å². The molecule has 0 spiro atoms. The Morgan fingerprint density at radius 2 is 2.17 bits per heavy atom. The van der Waals surface area contributed by atoms with Crippen LogP contribution in [0, 0.1) is 5.92 Å². The molecule has 0 radical (unpaired) electrons. The lowest BCUT2D eigenvalue weighted by atomic mass is 9.89. The lowest BCUT2D eigenvalue weighted by molar-refractivity contribution is 0.149. The van der Waals surface area contributed by atoms with E-state index in [1.807, 2.05) is 0 Å². The maximum absolute atomic E-state index is 12.6. The predicted molar refractivity (Wildman–Crippen MR) is 95.2 cm³/mol. The zero-order valence-corrected chi connectivity index (χ0v) is 14.8. The highest BCUT2D eigenvalue weighted by Crippen LogP contribution is 2.35. The molecule has 4 nitrogen and oxygen atoms in total. The molecule has 0 aromatic carbocycles. The smallest absolute Gasteiger partial charge is 0.259 e. The van der Waals surface area contributed by atoms with E-state index < -0.39 is 0 Å². The molecule has 4 rings (SSSR count). The molecule has 2 aromatic heterocycles. The molecule has 3 heterocycles. The van der Waals surface area contributed by atoms with Crippen LogP contribution in [0.25, 0.3) is 10.2 Å². The third-order valence-corrected chi connectivity index (χ3v) is 6.66. The highest BCUT2D eigenvalue weighted by atomic mass is 32.1. The van der Waals surface area contributed by atoms with E-state index in [2.05, 4.69) is 23.7 Å². The fourth-order valence-corrected chi connectivity index (χ4v) is 5.46. The van der Waals surface area contributed by atoms with Crippen molar-refractivity contribution in [3.8, 4) is 0 Å². The first-order chi connectivity index (χ1) is 11.1. The minimum atomic E-state index is 0.0710. The van der Waals surface area contributed by atoms with Crippen molar-refractivity contribution in [1.82, 2.24) is 14.9 Å². The van der Waals surface area contributed by atoms with E-state index in [1.54, 1.807) is 11.3 Å². The van der Waals surface area contributed by atoms with Crippen LogP contribution in [0.4, 0.5) is 0 Å². The number of piperidine rings is 1. The van der Waals surface area contributed by atoms with Gasteiger partial charge >= 0.3 is 0 Å². The number of aromatic nitrogens is 2. The van der Waals surface area contributed by atoms with Crippen molar-refractivity contribution in [2.75, 3.05) is 6.54 Å². The molecule has 1 N–H and O–H groups in total.